The number of nitrogens with zero attached hydrogens (tertiary/aromatic N) is 1. The van der Waals surface area contributed by atoms with Gasteiger partial charge in [-0.25, -0.2) is 0 Å². The van der Waals surface area contributed by atoms with E-state index >= 15 is 0 Å². The van der Waals surface area contributed by atoms with Crippen molar-refractivity contribution in [3.8, 4) is 0 Å². The highest BCUT2D eigenvalue weighted by Gasteiger charge is 2.24. The van der Waals surface area contributed by atoms with E-state index in [0.717, 1.165) is 25.2 Å². The van der Waals surface area contributed by atoms with Crippen LogP contribution in [0.25, 0.3) is 10.9 Å². The van der Waals surface area contributed by atoms with Gasteiger partial charge in [0.05, 0.1) is 12.1 Å². The Labute approximate surface area is 114 Å². The molecule has 3 nitrogen and oxygen atoms in total. The fraction of sp³-hybridized carbons (Fsp3) is 0.438. The number of hydrogen-bond acceptors (Lipinski definition) is 3. The quantitative estimate of drug-likeness (QED) is 0.917. The highest BCUT2D eigenvalue weighted by atomic mass is 16.5. The number of hydrogen-bond donors (Lipinski definition) is 1. The van der Waals surface area contributed by atoms with Gasteiger partial charge in [0.2, 0.25) is 0 Å². The van der Waals surface area contributed by atoms with E-state index in [-0.39, 0.29) is 0 Å². The number of ether oxygens (including phenoxy) is 1. The second-order valence-electron chi connectivity index (χ2n) is 5.20. The van der Waals surface area contributed by atoms with E-state index in [9.17, 15) is 0 Å². The first-order chi connectivity index (χ1) is 9.38. The van der Waals surface area contributed by atoms with E-state index < -0.39 is 0 Å². The average Bonchev–Trinajstić information content (AvgIpc) is 2.49. The Morgan fingerprint density at radius 2 is 2.32 bits per heavy atom. The molecule has 0 saturated carbocycles. The lowest BCUT2D eigenvalue weighted by Crippen LogP contribution is -2.31. The second-order valence-corrected chi connectivity index (χ2v) is 5.20. The molecular weight excluding hydrogens is 236 g/mol. The monoisotopic (exact) mass is 256 g/mol. The first kappa shape index (κ1) is 12.6. The molecule has 1 fully saturated rings. The number of aromatic nitrogens is 1. The third-order valence-corrected chi connectivity index (χ3v) is 3.96. The fourth-order valence-corrected chi connectivity index (χ4v) is 2.99. The summed E-state index contributed by atoms with van der Waals surface area (Å²) in [4.78, 5) is 4.37. The highest BCUT2D eigenvalue weighted by molar-refractivity contribution is 5.79. The van der Waals surface area contributed by atoms with E-state index in [4.69, 9.17) is 4.74 Å². The van der Waals surface area contributed by atoms with E-state index in [0.29, 0.717) is 12.0 Å². The lowest BCUT2D eigenvalue weighted by molar-refractivity contribution is 0.0402. The SMILES string of the molecule is CNC(c1ccc2ncccc2c1)C1CCCOC1. The molecule has 2 heterocycles. The summed E-state index contributed by atoms with van der Waals surface area (Å²) >= 11 is 0. The van der Waals surface area contributed by atoms with Gasteiger partial charge in [0, 0.05) is 30.1 Å². The Bertz CT molecular complexity index is 549. The molecule has 1 aliphatic heterocycles. The standard InChI is InChI=1S/C16H20N2O/c1-17-16(14-5-3-9-19-11-14)13-6-7-15-12(10-13)4-2-8-18-15/h2,4,6-8,10,14,16-17H,3,5,9,11H2,1H3. The zero-order valence-corrected chi connectivity index (χ0v) is 11.3. The fourth-order valence-electron chi connectivity index (χ4n) is 2.99. The van der Waals surface area contributed by atoms with Crippen LogP contribution in [0.5, 0.6) is 0 Å². The summed E-state index contributed by atoms with van der Waals surface area (Å²) in [6.07, 6.45) is 4.24. The molecule has 2 aromatic rings. The van der Waals surface area contributed by atoms with Gasteiger partial charge in [-0.05, 0) is 43.7 Å². The van der Waals surface area contributed by atoms with Crippen molar-refractivity contribution in [1.29, 1.82) is 0 Å². The predicted molar refractivity (Wildman–Crippen MR) is 77.1 cm³/mol. The number of rotatable bonds is 3. The van der Waals surface area contributed by atoms with Gasteiger partial charge >= 0.3 is 0 Å². The van der Waals surface area contributed by atoms with E-state index in [1.54, 1.807) is 0 Å². The van der Waals surface area contributed by atoms with Gasteiger partial charge in [-0.3, -0.25) is 4.98 Å². The largest absolute Gasteiger partial charge is 0.381 e. The molecule has 0 radical (unpaired) electrons. The molecule has 1 saturated heterocycles. The predicted octanol–water partition coefficient (Wildman–Crippen LogP) is 2.92. The number of benzene rings is 1. The highest BCUT2D eigenvalue weighted by Crippen LogP contribution is 2.29. The molecule has 1 aliphatic rings. The van der Waals surface area contributed by atoms with Crippen molar-refractivity contribution in [3.63, 3.8) is 0 Å². The van der Waals surface area contributed by atoms with Crippen LogP contribution in [0.4, 0.5) is 0 Å². The molecule has 19 heavy (non-hydrogen) atoms. The number of fused-ring (bicyclic) bond motifs is 1. The molecule has 3 heteroatoms. The van der Waals surface area contributed by atoms with Crippen LogP contribution < -0.4 is 5.32 Å². The van der Waals surface area contributed by atoms with Crippen LogP contribution >= 0.6 is 0 Å². The first-order valence-corrected chi connectivity index (χ1v) is 6.98. The minimum absolute atomic E-state index is 0.366. The first-order valence-electron chi connectivity index (χ1n) is 6.98. The minimum Gasteiger partial charge on any atom is -0.381 e. The normalized spacial score (nSPS) is 21.4. The minimum atomic E-state index is 0.366. The molecule has 1 aromatic carbocycles. The zero-order valence-electron chi connectivity index (χ0n) is 11.3. The molecule has 0 spiro atoms. The summed E-state index contributed by atoms with van der Waals surface area (Å²) < 4.78 is 5.62. The van der Waals surface area contributed by atoms with Crippen molar-refractivity contribution in [2.24, 2.45) is 5.92 Å². The van der Waals surface area contributed by atoms with Crippen LogP contribution in [-0.4, -0.2) is 25.2 Å². The van der Waals surface area contributed by atoms with Crippen LogP contribution in [0.2, 0.25) is 0 Å². The Balaban J connectivity index is 1.91. The summed E-state index contributed by atoms with van der Waals surface area (Å²) in [6.45, 7) is 1.77. The summed E-state index contributed by atoms with van der Waals surface area (Å²) in [5.74, 6) is 0.563. The van der Waals surface area contributed by atoms with Gasteiger partial charge in [0.15, 0.2) is 0 Å². The Morgan fingerprint density at radius 3 is 3.11 bits per heavy atom. The van der Waals surface area contributed by atoms with E-state index in [2.05, 4.69) is 34.6 Å². The smallest absolute Gasteiger partial charge is 0.0702 e. The molecular formula is C16H20N2O. The molecule has 3 rings (SSSR count). The molecule has 2 unspecified atom stereocenters. The molecule has 100 valence electrons. The average molecular weight is 256 g/mol. The lowest BCUT2D eigenvalue weighted by atomic mass is 9.88. The molecule has 0 amide bonds. The maximum absolute atomic E-state index is 5.62. The van der Waals surface area contributed by atoms with Gasteiger partial charge in [-0.15, -0.1) is 0 Å². The van der Waals surface area contributed by atoms with Crippen molar-refractivity contribution in [2.45, 2.75) is 18.9 Å². The molecule has 1 N–H and O–H groups in total. The zero-order chi connectivity index (χ0) is 13.1. The number of nitrogens with one attached hydrogen (secondary N) is 1. The van der Waals surface area contributed by atoms with Crippen LogP contribution in [0, 0.1) is 5.92 Å². The topological polar surface area (TPSA) is 34.2 Å². The van der Waals surface area contributed by atoms with E-state index in [1.165, 1.54) is 17.4 Å². The molecule has 2 atom stereocenters. The Hall–Kier alpha value is -1.45. The summed E-state index contributed by atoms with van der Waals surface area (Å²) in [5.41, 5.74) is 2.39. The van der Waals surface area contributed by atoms with Crippen LogP contribution in [0.3, 0.4) is 0 Å². The van der Waals surface area contributed by atoms with Gasteiger partial charge in [-0.2, -0.15) is 0 Å². The molecule has 1 aromatic heterocycles. The number of pyridine rings is 1. The maximum atomic E-state index is 5.62. The van der Waals surface area contributed by atoms with Crippen LogP contribution in [0.15, 0.2) is 36.5 Å². The van der Waals surface area contributed by atoms with Crippen molar-refractivity contribution < 1.29 is 4.74 Å². The van der Waals surface area contributed by atoms with Crippen LogP contribution in [0.1, 0.15) is 24.4 Å². The summed E-state index contributed by atoms with van der Waals surface area (Å²) in [6, 6.07) is 11.0. The van der Waals surface area contributed by atoms with Gasteiger partial charge in [-0.1, -0.05) is 12.1 Å². The third kappa shape index (κ3) is 2.62. The van der Waals surface area contributed by atoms with Crippen molar-refractivity contribution in [2.75, 3.05) is 20.3 Å². The van der Waals surface area contributed by atoms with Gasteiger partial charge in [0.25, 0.3) is 0 Å². The van der Waals surface area contributed by atoms with E-state index in [1.807, 2.05) is 19.3 Å². The third-order valence-electron chi connectivity index (χ3n) is 3.96. The lowest BCUT2D eigenvalue weighted by Gasteiger charge is -2.30. The van der Waals surface area contributed by atoms with Crippen molar-refractivity contribution in [1.82, 2.24) is 10.3 Å². The van der Waals surface area contributed by atoms with Gasteiger partial charge in [0.1, 0.15) is 0 Å². The van der Waals surface area contributed by atoms with Crippen molar-refractivity contribution >= 4 is 10.9 Å². The van der Waals surface area contributed by atoms with Gasteiger partial charge < -0.3 is 10.1 Å². The maximum Gasteiger partial charge on any atom is 0.0702 e. The Kier molecular flexibility index (Phi) is 3.76. The van der Waals surface area contributed by atoms with Crippen molar-refractivity contribution in [3.05, 3.63) is 42.1 Å². The Morgan fingerprint density at radius 1 is 1.37 bits per heavy atom. The van der Waals surface area contributed by atoms with Crippen LogP contribution in [-0.2, 0) is 4.74 Å². The summed E-state index contributed by atoms with van der Waals surface area (Å²) in [5, 5.41) is 4.66. The second kappa shape index (κ2) is 5.68. The molecule has 0 bridgehead atoms. The summed E-state index contributed by atoms with van der Waals surface area (Å²) in [7, 11) is 2.03. The molecule has 0 aliphatic carbocycles.